The van der Waals surface area contributed by atoms with Crippen molar-refractivity contribution in [2.75, 3.05) is 19.7 Å². The second kappa shape index (κ2) is 6.53. The van der Waals surface area contributed by atoms with Crippen LogP contribution in [0.4, 0.5) is 0 Å². The summed E-state index contributed by atoms with van der Waals surface area (Å²) in [6, 6.07) is 7.93. The molecule has 1 fully saturated rings. The minimum Gasteiger partial charge on any atom is -0.376 e. The molecule has 0 aromatic heterocycles. The van der Waals surface area contributed by atoms with Gasteiger partial charge in [0.15, 0.2) is 0 Å². The molecule has 18 heavy (non-hydrogen) atoms. The Bertz CT molecular complexity index is 431. The van der Waals surface area contributed by atoms with Gasteiger partial charge in [0.25, 0.3) is 0 Å². The van der Waals surface area contributed by atoms with Crippen LogP contribution in [-0.4, -0.2) is 19.7 Å². The van der Waals surface area contributed by atoms with E-state index in [-0.39, 0.29) is 0 Å². The Hall–Kier alpha value is -1.37. The summed E-state index contributed by atoms with van der Waals surface area (Å²) < 4.78 is 5.80. The van der Waals surface area contributed by atoms with Gasteiger partial charge in [0.1, 0.15) is 0 Å². The minimum absolute atomic E-state index is 0.654. The van der Waals surface area contributed by atoms with Crippen molar-refractivity contribution in [3.05, 3.63) is 34.9 Å². The highest BCUT2D eigenvalue weighted by molar-refractivity contribution is 5.37. The molecule has 1 aliphatic heterocycles. The summed E-state index contributed by atoms with van der Waals surface area (Å²) in [5.41, 5.74) is 3.04. The van der Waals surface area contributed by atoms with Crippen LogP contribution in [0.25, 0.3) is 0 Å². The summed E-state index contributed by atoms with van der Waals surface area (Å²) in [6.07, 6.45) is 2.43. The van der Waals surface area contributed by atoms with Crippen molar-refractivity contribution < 1.29 is 4.74 Å². The average molecular weight is 244 g/mol. The second-order valence-corrected chi connectivity index (χ2v) is 4.96. The zero-order valence-electron chi connectivity index (χ0n) is 10.9. The smallest absolute Gasteiger partial charge is 0.0991 e. The van der Waals surface area contributed by atoms with Crippen LogP contribution in [0.15, 0.2) is 18.2 Å². The molecule has 1 aromatic carbocycles. The van der Waals surface area contributed by atoms with Crippen LogP contribution in [0, 0.1) is 24.2 Å². The normalized spacial score (nSPS) is 16.4. The van der Waals surface area contributed by atoms with Crippen molar-refractivity contribution >= 4 is 0 Å². The summed E-state index contributed by atoms with van der Waals surface area (Å²) in [5, 5.41) is 12.2. The minimum atomic E-state index is 0.654. The molecule has 0 atom stereocenters. The van der Waals surface area contributed by atoms with Gasteiger partial charge in [-0.2, -0.15) is 5.26 Å². The van der Waals surface area contributed by atoms with Gasteiger partial charge >= 0.3 is 0 Å². The maximum Gasteiger partial charge on any atom is 0.0991 e. The van der Waals surface area contributed by atoms with Crippen molar-refractivity contribution in [3.63, 3.8) is 0 Å². The molecule has 1 heterocycles. The van der Waals surface area contributed by atoms with Crippen LogP contribution in [0.2, 0.25) is 0 Å². The van der Waals surface area contributed by atoms with Crippen LogP contribution in [0.3, 0.4) is 0 Å². The molecule has 3 nitrogen and oxygen atoms in total. The maximum atomic E-state index is 8.81. The van der Waals surface area contributed by atoms with Crippen LogP contribution < -0.4 is 5.32 Å². The number of rotatable bonds is 4. The third-order valence-corrected chi connectivity index (χ3v) is 3.54. The number of benzene rings is 1. The summed E-state index contributed by atoms with van der Waals surface area (Å²) in [6.45, 7) is 5.76. The van der Waals surface area contributed by atoms with Gasteiger partial charge in [0.05, 0.1) is 18.2 Å². The maximum absolute atomic E-state index is 8.81. The Morgan fingerprint density at radius 1 is 1.39 bits per heavy atom. The third kappa shape index (κ3) is 3.56. The van der Waals surface area contributed by atoms with Gasteiger partial charge in [-0.25, -0.2) is 0 Å². The van der Waals surface area contributed by atoms with Crippen molar-refractivity contribution in [1.82, 2.24) is 5.32 Å². The second-order valence-electron chi connectivity index (χ2n) is 4.96. The van der Waals surface area contributed by atoms with Crippen molar-refractivity contribution in [1.29, 1.82) is 5.26 Å². The van der Waals surface area contributed by atoms with E-state index in [9.17, 15) is 0 Å². The van der Waals surface area contributed by atoms with Crippen LogP contribution in [0.5, 0.6) is 0 Å². The van der Waals surface area contributed by atoms with Gasteiger partial charge in [-0.05, 0) is 62.0 Å². The number of nitrogens with one attached hydrogen (secondary N) is 1. The van der Waals surface area contributed by atoms with E-state index in [1.807, 2.05) is 25.1 Å². The van der Waals surface area contributed by atoms with Gasteiger partial charge in [-0.1, -0.05) is 6.07 Å². The largest absolute Gasteiger partial charge is 0.376 e. The van der Waals surface area contributed by atoms with E-state index in [1.54, 1.807) is 0 Å². The zero-order chi connectivity index (χ0) is 12.8. The van der Waals surface area contributed by atoms with Gasteiger partial charge in [-0.3, -0.25) is 0 Å². The molecule has 1 saturated heterocycles. The fraction of sp³-hybridized carbons (Fsp3) is 0.533. The molecule has 0 saturated carbocycles. The first-order valence-electron chi connectivity index (χ1n) is 6.57. The molecule has 1 aromatic rings. The van der Waals surface area contributed by atoms with Crippen LogP contribution in [0.1, 0.15) is 29.5 Å². The van der Waals surface area contributed by atoms with E-state index in [0.29, 0.717) is 12.5 Å². The molecule has 0 unspecified atom stereocenters. The van der Waals surface area contributed by atoms with E-state index in [2.05, 4.69) is 11.4 Å². The van der Waals surface area contributed by atoms with Gasteiger partial charge < -0.3 is 10.1 Å². The predicted molar refractivity (Wildman–Crippen MR) is 71.1 cm³/mol. The first-order valence-corrected chi connectivity index (χ1v) is 6.57. The van der Waals surface area contributed by atoms with Gasteiger partial charge in [0, 0.05) is 6.61 Å². The molecule has 2 rings (SSSR count). The Kier molecular flexibility index (Phi) is 4.74. The molecule has 1 N–H and O–H groups in total. The molecule has 3 heteroatoms. The highest BCUT2D eigenvalue weighted by Crippen LogP contribution is 2.15. The average Bonchev–Trinajstić information content (AvgIpc) is 2.42. The molecule has 0 spiro atoms. The van der Waals surface area contributed by atoms with E-state index < -0.39 is 0 Å². The molecule has 0 radical (unpaired) electrons. The van der Waals surface area contributed by atoms with Crippen molar-refractivity contribution in [3.8, 4) is 6.07 Å². The van der Waals surface area contributed by atoms with Gasteiger partial charge in [-0.15, -0.1) is 0 Å². The molecular formula is C15H20N2O. The molecule has 0 bridgehead atoms. The van der Waals surface area contributed by atoms with Gasteiger partial charge in [0.2, 0.25) is 0 Å². The first-order chi connectivity index (χ1) is 8.79. The lowest BCUT2D eigenvalue weighted by Gasteiger charge is -2.22. The lowest BCUT2D eigenvalue weighted by molar-refractivity contribution is 0.0761. The number of hydrogen-bond donors (Lipinski definition) is 1. The van der Waals surface area contributed by atoms with E-state index >= 15 is 0 Å². The molecule has 0 amide bonds. The van der Waals surface area contributed by atoms with Crippen LogP contribution in [-0.2, 0) is 11.3 Å². The molecule has 0 aliphatic carbocycles. The Morgan fingerprint density at radius 2 is 2.17 bits per heavy atom. The number of nitrogens with zero attached hydrogens (tertiary/aromatic N) is 1. The fourth-order valence-electron chi connectivity index (χ4n) is 2.31. The molecular weight excluding hydrogens is 224 g/mol. The number of nitriles is 1. The first kappa shape index (κ1) is 13.1. The number of piperidine rings is 1. The zero-order valence-corrected chi connectivity index (χ0v) is 10.9. The van der Waals surface area contributed by atoms with E-state index in [0.717, 1.165) is 30.8 Å². The van der Waals surface area contributed by atoms with Crippen molar-refractivity contribution in [2.45, 2.75) is 26.4 Å². The van der Waals surface area contributed by atoms with E-state index in [4.69, 9.17) is 10.00 Å². The monoisotopic (exact) mass is 244 g/mol. The van der Waals surface area contributed by atoms with E-state index in [1.165, 1.54) is 18.4 Å². The summed E-state index contributed by atoms with van der Waals surface area (Å²) in [5.74, 6) is 0.699. The summed E-state index contributed by atoms with van der Waals surface area (Å²) >= 11 is 0. The fourth-order valence-corrected chi connectivity index (χ4v) is 2.31. The highest BCUT2D eigenvalue weighted by Gasteiger charge is 2.12. The highest BCUT2D eigenvalue weighted by atomic mass is 16.5. The standard InChI is InChI=1S/C15H20N2O/c1-12-8-14(9-16)2-3-15(12)11-18-10-13-4-6-17-7-5-13/h2-3,8,13,17H,4-7,10-11H2,1H3. The third-order valence-electron chi connectivity index (χ3n) is 3.54. The Labute approximate surface area is 109 Å². The number of ether oxygens (including phenoxy) is 1. The lowest BCUT2D eigenvalue weighted by Crippen LogP contribution is -2.29. The summed E-state index contributed by atoms with van der Waals surface area (Å²) in [4.78, 5) is 0. The Balaban J connectivity index is 1.81. The van der Waals surface area contributed by atoms with Crippen LogP contribution >= 0.6 is 0 Å². The predicted octanol–water partition coefficient (Wildman–Crippen LogP) is 2.38. The topological polar surface area (TPSA) is 45.0 Å². The Morgan fingerprint density at radius 3 is 2.83 bits per heavy atom. The molecule has 96 valence electrons. The summed E-state index contributed by atoms with van der Waals surface area (Å²) in [7, 11) is 0. The lowest BCUT2D eigenvalue weighted by atomic mass is 9.99. The SMILES string of the molecule is Cc1cc(C#N)ccc1COCC1CCNCC1. The van der Waals surface area contributed by atoms with Crippen molar-refractivity contribution in [2.24, 2.45) is 5.92 Å². The molecule has 1 aliphatic rings. The number of aryl methyl sites for hydroxylation is 1. The number of hydrogen-bond acceptors (Lipinski definition) is 3. The quantitative estimate of drug-likeness (QED) is 0.884.